The Labute approximate surface area is 198 Å². The van der Waals surface area contributed by atoms with Gasteiger partial charge in [-0.05, 0) is 48.5 Å². The van der Waals surface area contributed by atoms with Crippen LogP contribution in [-0.4, -0.2) is 48.9 Å². The molecule has 0 aliphatic carbocycles. The van der Waals surface area contributed by atoms with Gasteiger partial charge in [-0.1, -0.05) is 0 Å². The Morgan fingerprint density at radius 2 is 1.71 bits per heavy atom. The number of hydrogen-bond acceptors (Lipinski definition) is 7. The summed E-state index contributed by atoms with van der Waals surface area (Å²) in [5.74, 6) is -0.0893. The van der Waals surface area contributed by atoms with E-state index in [4.69, 9.17) is 9.47 Å². The second kappa shape index (κ2) is 9.49. The second-order valence-electron chi connectivity index (χ2n) is 7.45. The van der Waals surface area contributed by atoms with Crippen LogP contribution >= 0.6 is 0 Å². The summed E-state index contributed by atoms with van der Waals surface area (Å²) in [5, 5.41) is 2.13. The van der Waals surface area contributed by atoms with Crippen LogP contribution in [0.15, 0.2) is 54.7 Å². The Morgan fingerprint density at radius 3 is 2.31 bits per heavy atom. The lowest BCUT2D eigenvalue weighted by molar-refractivity contribution is -0.115. The third-order valence-corrected chi connectivity index (χ3v) is 5.18. The van der Waals surface area contributed by atoms with Crippen LogP contribution in [0.5, 0.6) is 5.75 Å². The second-order valence-corrected chi connectivity index (χ2v) is 7.45. The Bertz CT molecular complexity index is 1230. The molecule has 9 nitrogen and oxygen atoms in total. The summed E-state index contributed by atoms with van der Waals surface area (Å²) in [5.41, 5.74) is 1.69. The maximum Gasteiger partial charge on any atom is 0.405 e. The smallest absolute Gasteiger partial charge is 0.405 e. The number of fused-ring (bicyclic) bond motifs is 1. The van der Waals surface area contributed by atoms with E-state index in [-0.39, 0.29) is 23.9 Å². The minimum absolute atomic E-state index is 0.0940. The summed E-state index contributed by atoms with van der Waals surface area (Å²) in [6.07, 6.45) is -3.09. The van der Waals surface area contributed by atoms with Crippen molar-refractivity contribution in [2.45, 2.75) is 12.7 Å². The predicted molar refractivity (Wildman–Crippen MR) is 121 cm³/mol. The number of alkyl halides is 3. The van der Waals surface area contributed by atoms with Gasteiger partial charge in [0.2, 0.25) is 5.95 Å². The van der Waals surface area contributed by atoms with Gasteiger partial charge < -0.3 is 14.8 Å². The molecule has 0 saturated heterocycles. The number of nitrogens with one attached hydrogen (secondary N) is 1. The molecule has 35 heavy (non-hydrogen) atoms. The van der Waals surface area contributed by atoms with Crippen molar-refractivity contribution in [3.8, 4) is 5.75 Å². The molecule has 0 fully saturated rings. The van der Waals surface area contributed by atoms with Crippen LogP contribution in [0.25, 0.3) is 0 Å². The predicted octanol–water partition coefficient (Wildman–Crippen LogP) is 4.52. The van der Waals surface area contributed by atoms with Crippen molar-refractivity contribution in [1.82, 2.24) is 9.97 Å². The summed E-state index contributed by atoms with van der Waals surface area (Å²) in [4.78, 5) is 36.3. The van der Waals surface area contributed by atoms with Crippen LogP contribution in [0.4, 0.5) is 41.1 Å². The number of carbonyl (C=O) groups is 2. The van der Waals surface area contributed by atoms with Gasteiger partial charge in [0.1, 0.15) is 12.3 Å². The number of methoxy groups -OCH3 is 2. The first-order valence-corrected chi connectivity index (χ1v) is 10.3. The summed E-state index contributed by atoms with van der Waals surface area (Å²) >= 11 is 0. The molecule has 4 rings (SSSR count). The molecule has 0 bridgehead atoms. The molecule has 1 aliphatic heterocycles. The number of aromatic nitrogens is 2. The molecule has 0 atom stereocenters. The molecule has 0 spiro atoms. The number of amides is 2. The highest BCUT2D eigenvalue weighted by atomic mass is 19.4. The van der Waals surface area contributed by atoms with E-state index in [1.807, 2.05) is 0 Å². The number of carbonyl (C=O) groups excluding carboxylic acids is 2. The van der Waals surface area contributed by atoms with Crippen molar-refractivity contribution in [2.75, 3.05) is 35.9 Å². The van der Waals surface area contributed by atoms with Gasteiger partial charge in [0.25, 0.3) is 0 Å². The van der Waals surface area contributed by atoms with Gasteiger partial charge >= 0.3 is 18.2 Å². The lowest BCUT2D eigenvalue weighted by Gasteiger charge is -2.36. The first kappa shape index (κ1) is 23.8. The van der Waals surface area contributed by atoms with Gasteiger partial charge in [-0.25, -0.2) is 19.5 Å². The molecule has 1 aromatic heterocycles. The number of nitrogens with zero attached hydrogens (tertiary/aromatic N) is 4. The van der Waals surface area contributed by atoms with Crippen molar-refractivity contribution in [2.24, 2.45) is 0 Å². The van der Waals surface area contributed by atoms with Crippen LogP contribution in [0, 0.1) is 0 Å². The van der Waals surface area contributed by atoms with Crippen molar-refractivity contribution >= 4 is 35.1 Å². The molecule has 1 N–H and O–H groups in total. The molecule has 0 saturated carbocycles. The number of rotatable bonds is 6. The summed E-state index contributed by atoms with van der Waals surface area (Å²) in [7, 11) is 2.78. The summed E-state index contributed by atoms with van der Waals surface area (Å²) in [6.45, 7) is -1.23. The van der Waals surface area contributed by atoms with E-state index in [9.17, 15) is 22.8 Å². The number of hydrogen-bond donors (Lipinski definition) is 1. The minimum atomic E-state index is -4.47. The molecule has 12 heteroatoms. The lowest BCUT2D eigenvalue weighted by atomic mass is 10.1. The highest BCUT2D eigenvalue weighted by Gasteiger charge is 2.35. The standard InChI is InChI=1S/C23H20F3N5O4/c1-34-18-9-7-16(8-10-18)30-12-15-11-27-21(28-13-23(24,25)26)29-19(15)31(22(30)33)17-5-3-14(4-6-17)20(32)35-2/h3-11H,12-13H2,1-2H3,(H,27,28,29). The first-order chi connectivity index (χ1) is 16.7. The van der Waals surface area contributed by atoms with E-state index >= 15 is 0 Å². The van der Waals surface area contributed by atoms with Gasteiger partial charge in [-0.15, -0.1) is 0 Å². The molecular formula is C23H20F3N5O4. The zero-order chi connectivity index (χ0) is 25.2. The third-order valence-electron chi connectivity index (χ3n) is 5.18. The zero-order valence-corrected chi connectivity index (χ0v) is 18.7. The maximum absolute atomic E-state index is 13.6. The number of halogens is 3. The zero-order valence-electron chi connectivity index (χ0n) is 18.7. The number of ether oxygens (including phenoxy) is 2. The topological polar surface area (TPSA) is 96.9 Å². The SMILES string of the molecule is COC(=O)c1ccc(N2C(=O)N(c3ccc(OC)cc3)Cc3cnc(NCC(F)(F)F)nc32)cc1. The van der Waals surface area contributed by atoms with Crippen molar-refractivity contribution in [3.63, 3.8) is 0 Å². The molecule has 182 valence electrons. The molecule has 0 radical (unpaired) electrons. The number of anilines is 4. The normalized spacial score (nSPS) is 13.3. The number of esters is 1. The maximum atomic E-state index is 13.6. The van der Waals surface area contributed by atoms with Gasteiger partial charge in [0.05, 0.1) is 32.0 Å². The van der Waals surface area contributed by atoms with Gasteiger partial charge in [-0.3, -0.25) is 4.90 Å². The van der Waals surface area contributed by atoms with Gasteiger partial charge in [0.15, 0.2) is 5.82 Å². The quantitative estimate of drug-likeness (QED) is 0.511. The highest BCUT2D eigenvalue weighted by molar-refractivity contribution is 6.10. The molecule has 2 heterocycles. The van der Waals surface area contributed by atoms with E-state index in [0.717, 1.165) is 0 Å². The largest absolute Gasteiger partial charge is 0.497 e. The van der Waals surface area contributed by atoms with Crippen molar-refractivity contribution in [3.05, 3.63) is 65.9 Å². The Hall–Kier alpha value is -4.35. The Morgan fingerprint density at radius 1 is 1.06 bits per heavy atom. The fourth-order valence-corrected chi connectivity index (χ4v) is 3.48. The molecule has 3 aromatic rings. The number of urea groups is 1. The fraction of sp³-hybridized carbons (Fsp3) is 0.217. The summed E-state index contributed by atoms with van der Waals surface area (Å²) in [6, 6.07) is 12.3. The van der Waals surface area contributed by atoms with E-state index in [2.05, 4.69) is 15.3 Å². The third kappa shape index (κ3) is 5.10. The van der Waals surface area contributed by atoms with Crippen LogP contribution in [0.2, 0.25) is 0 Å². The van der Waals surface area contributed by atoms with Crippen molar-refractivity contribution in [1.29, 1.82) is 0 Å². The summed E-state index contributed by atoms with van der Waals surface area (Å²) < 4.78 is 47.9. The molecular weight excluding hydrogens is 467 g/mol. The molecule has 0 unspecified atom stereocenters. The van der Waals surface area contributed by atoms with E-state index < -0.39 is 24.7 Å². The Balaban J connectivity index is 1.75. The van der Waals surface area contributed by atoms with Crippen LogP contribution in [-0.2, 0) is 11.3 Å². The average Bonchev–Trinajstić information content (AvgIpc) is 2.86. The highest BCUT2D eigenvalue weighted by Crippen LogP contribution is 2.36. The van der Waals surface area contributed by atoms with Crippen molar-refractivity contribution < 1.29 is 32.2 Å². The van der Waals surface area contributed by atoms with Crippen LogP contribution in [0.3, 0.4) is 0 Å². The van der Waals surface area contributed by atoms with E-state index in [1.54, 1.807) is 24.3 Å². The minimum Gasteiger partial charge on any atom is -0.497 e. The molecule has 2 aromatic carbocycles. The molecule has 1 aliphatic rings. The fourth-order valence-electron chi connectivity index (χ4n) is 3.48. The van der Waals surface area contributed by atoms with Gasteiger partial charge in [-0.2, -0.15) is 18.2 Å². The van der Waals surface area contributed by atoms with E-state index in [0.29, 0.717) is 22.7 Å². The van der Waals surface area contributed by atoms with Crippen LogP contribution < -0.4 is 19.9 Å². The average molecular weight is 487 g/mol. The number of benzene rings is 2. The lowest BCUT2D eigenvalue weighted by Crippen LogP contribution is -2.45. The van der Waals surface area contributed by atoms with Crippen LogP contribution in [0.1, 0.15) is 15.9 Å². The monoisotopic (exact) mass is 487 g/mol. The van der Waals surface area contributed by atoms with E-state index in [1.165, 1.54) is 54.5 Å². The van der Waals surface area contributed by atoms with Gasteiger partial charge in [0, 0.05) is 17.4 Å². The molecule has 2 amide bonds. The Kier molecular flexibility index (Phi) is 6.45. The first-order valence-electron chi connectivity index (χ1n) is 10.3.